The molecule has 2 saturated heterocycles. The monoisotopic (exact) mass is 463 g/mol. The zero-order chi connectivity index (χ0) is 22.6. The maximum atomic E-state index is 13.1. The Kier molecular flexibility index (Phi) is 7.14. The number of hydrogen-bond acceptors (Lipinski definition) is 7. The predicted molar refractivity (Wildman–Crippen MR) is 117 cm³/mol. The number of ether oxygens (including phenoxy) is 2. The molecule has 10 heteroatoms. The minimum absolute atomic E-state index is 0.0625. The van der Waals surface area contributed by atoms with Crippen LogP contribution in [0.1, 0.15) is 35.0 Å². The van der Waals surface area contributed by atoms with Crippen molar-refractivity contribution in [2.24, 2.45) is 0 Å². The van der Waals surface area contributed by atoms with E-state index in [0.717, 1.165) is 31.7 Å². The summed E-state index contributed by atoms with van der Waals surface area (Å²) >= 11 is 0. The average molecular weight is 464 g/mol. The molecule has 1 aromatic carbocycles. The largest absolute Gasteiger partial charge is 0.496 e. The lowest BCUT2D eigenvalue weighted by Gasteiger charge is -2.27. The summed E-state index contributed by atoms with van der Waals surface area (Å²) < 4.78 is 43.7. The van der Waals surface area contributed by atoms with E-state index in [2.05, 4.69) is 10.2 Å². The van der Waals surface area contributed by atoms with Gasteiger partial charge in [0.2, 0.25) is 10.0 Å². The van der Waals surface area contributed by atoms with Crippen LogP contribution in [0, 0.1) is 0 Å². The molecule has 0 bridgehead atoms. The van der Waals surface area contributed by atoms with Crippen LogP contribution in [0.4, 0.5) is 0 Å². The first-order chi connectivity index (χ1) is 15.5. The number of amides is 1. The first kappa shape index (κ1) is 22.8. The molecule has 9 nitrogen and oxygen atoms in total. The second-order valence-electron chi connectivity index (χ2n) is 7.86. The number of nitrogens with one attached hydrogen (secondary N) is 1. The first-order valence-electron chi connectivity index (χ1n) is 10.8. The van der Waals surface area contributed by atoms with Gasteiger partial charge in [-0.15, -0.1) is 0 Å². The SMILES string of the molecule is COc1ccc(S(=O)(=O)N2CCOCC2)cc1C(=O)NC[C@@H](c1ccco1)N1CCCC1. The normalized spacial score (nSPS) is 19.0. The molecule has 2 aliphatic rings. The summed E-state index contributed by atoms with van der Waals surface area (Å²) in [4.78, 5) is 15.4. The number of furan rings is 1. The van der Waals surface area contributed by atoms with Crippen molar-refractivity contribution in [2.75, 3.05) is 53.0 Å². The molecule has 0 spiro atoms. The lowest BCUT2D eigenvalue weighted by Crippen LogP contribution is -2.40. The van der Waals surface area contributed by atoms with Gasteiger partial charge in [-0.1, -0.05) is 0 Å². The van der Waals surface area contributed by atoms with Gasteiger partial charge in [0.15, 0.2) is 0 Å². The molecule has 1 aromatic heterocycles. The fourth-order valence-corrected chi connectivity index (χ4v) is 5.62. The fourth-order valence-electron chi connectivity index (χ4n) is 4.19. The highest BCUT2D eigenvalue weighted by atomic mass is 32.2. The standard InChI is InChI=1S/C22H29N3O6S/c1-29-20-7-6-17(32(27,28)25-10-13-30-14-11-25)15-18(20)22(26)23-16-19(21-5-4-12-31-21)24-8-2-3-9-24/h4-7,12,15,19H,2-3,8-11,13-14,16H2,1H3,(H,23,26)/t19-/m0/s1. The number of morpholine rings is 1. The summed E-state index contributed by atoms with van der Waals surface area (Å²) in [5.74, 6) is 0.721. The number of sulfonamides is 1. The molecule has 3 heterocycles. The molecule has 0 saturated carbocycles. The van der Waals surface area contributed by atoms with Crippen molar-refractivity contribution in [1.29, 1.82) is 0 Å². The molecule has 0 unspecified atom stereocenters. The van der Waals surface area contributed by atoms with Crippen molar-refractivity contribution in [3.05, 3.63) is 47.9 Å². The fraction of sp³-hybridized carbons (Fsp3) is 0.500. The Bertz CT molecular complexity index is 1010. The van der Waals surface area contributed by atoms with Crippen LogP contribution >= 0.6 is 0 Å². The molecule has 0 radical (unpaired) electrons. The van der Waals surface area contributed by atoms with Crippen LogP contribution in [0.3, 0.4) is 0 Å². The second kappa shape index (κ2) is 10.0. The van der Waals surface area contributed by atoms with Crippen molar-refractivity contribution in [2.45, 2.75) is 23.8 Å². The van der Waals surface area contributed by atoms with Crippen molar-refractivity contribution in [1.82, 2.24) is 14.5 Å². The van der Waals surface area contributed by atoms with E-state index >= 15 is 0 Å². The zero-order valence-corrected chi connectivity index (χ0v) is 19.0. The highest BCUT2D eigenvalue weighted by Crippen LogP contribution is 2.27. The highest BCUT2D eigenvalue weighted by Gasteiger charge is 2.29. The predicted octanol–water partition coefficient (Wildman–Crippen LogP) is 1.88. The van der Waals surface area contributed by atoms with Crippen LogP contribution in [-0.2, 0) is 14.8 Å². The van der Waals surface area contributed by atoms with Crippen LogP contribution in [0.25, 0.3) is 0 Å². The Balaban J connectivity index is 1.54. The third-order valence-corrected chi connectivity index (χ3v) is 7.83. The van der Waals surface area contributed by atoms with Gasteiger partial charge in [0.1, 0.15) is 11.5 Å². The maximum absolute atomic E-state index is 13.1. The van der Waals surface area contributed by atoms with Crippen molar-refractivity contribution in [3.63, 3.8) is 0 Å². The van der Waals surface area contributed by atoms with Gasteiger partial charge in [-0.3, -0.25) is 9.69 Å². The van der Waals surface area contributed by atoms with Crippen LogP contribution in [0.2, 0.25) is 0 Å². The number of likely N-dealkylation sites (tertiary alicyclic amines) is 1. The maximum Gasteiger partial charge on any atom is 0.255 e. The van der Waals surface area contributed by atoms with Crippen LogP contribution in [0.15, 0.2) is 45.9 Å². The van der Waals surface area contributed by atoms with E-state index in [1.807, 2.05) is 12.1 Å². The molecule has 2 aliphatic heterocycles. The molecule has 1 atom stereocenters. The van der Waals surface area contributed by atoms with Crippen LogP contribution < -0.4 is 10.1 Å². The quantitative estimate of drug-likeness (QED) is 0.638. The number of methoxy groups -OCH3 is 1. The van der Waals surface area contributed by atoms with E-state index in [1.165, 1.54) is 29.6 Å². The number of carbonyl (C=O) groups excluding carboxylic acids is 1. The number of carbonyl (C=O) groups is 1. The molecule has 1 amide bonds. The van der Waals surface area contributed by atoms with E-state index < -0.39 is 15.9 Å². The summed E-state index contributed by atoms with van der Waals surface area (Å²) in [6, 6.07) is 8.04. The van der Waals surface area contributed by atoms with Gasteiger partial charge >= 0.3 is 0 Å². The number of benzene rings is 1. The van der Waals surface area contributed by atoms with E-state index in [-0.39, 0.29) is 29.6 Å². The first-order valence-corrected chi connectivity index (χ1v) is 12.3. The molecule has 174 valence electrons. The third-order valence-electron chi connectivity index (χ3n) is 5.93. The summed E-state index contributed by atoms with van der Waals surface area (Å²) in [6.45, 7) is 3.51. The van der Waals surface area contributed by atoms with Gasteiger partial charge in [-0.05, 0) is 56.3 Å². The van der Waals surface area contributed by atoms with E-state index in [9.17, 15) is 13.2 Å². The van der Waals surface area contributed by atoms with Gasteiger partial charge in [0.25, 0.3) is 5.91 Å². The van der Waals surface area contributed by atoms with Gasteiger partial charge in [-0.2, -0.15) is 4.31 Å². The Morgan fingerprint density at radius 1 is 1.16 bits per heavy atom. The molecular formula is C22H29N3O6S. The topological polar surface area (TPSA) is 101 Å². The summed E-state index contributed by atoms with van der Waals surface area (Å²) in [7, 11) is -2.27. The summed E-state index contributed by atoms with van der Waals surface area (Å²) in [5, 5.41) is 2.95. The Hall–Kier alpha value is -2.40. The lowest BCUT2D eigenvalue weighted by molar-refractivity contribution is 0.0730. The van der Waals surface area contributed by atoms with Gasteiger partial charge in [-0.25, -0.2) is 8.42 Å². The third kappa shape index (κ3) is 4.83. The number of rotatable bonds is 8. The molecule has 2 fully saturated rings. The van der Waals surface area contributed by atoms with Crippen LogP contribution in [-0.4, -0.2) is 76.6 Å². The molecular weight excluding hydrogens is 434 g/mol. The summed E-state index contributed by atoms with van der Waals surface area (Å²) in [6.07, 6.45) is 3.85. The van der Waals surface area contributed by atoms with Crippen molar-refractivity contribution < 1.29 is 27.1 Å². The van der Waals surface area contributed by atoms with Crippen molar-refractivity contribution >= 4 is 15.9 Å². The van der Waals surface area contributed by atoms with E-state index in [1.54, 1.807) is 6.26 Å². The minimum atomic E-state index is -3.73. The second-order valence-corrected chi connectivity index (χ2v) is 9.80. The van der Waals surface area contributed by atoms with Crippen molar-refractivity contribution in [3.8, 4) is 5.75 Å². The zero-order valence-electron chi connectivity index (χ0n) is 18.2. The molecule has 0 aliphatic carbocycles. The number of hydrogen-bond donors (Lipinski definition) is 1. The Morgan fingerprint density at radius 2 is 1.91 bits per heavy atom. The van der Waals surface area contributed by atoms with Gasteiger partial charge < -0.3 is 19.2 Å². The van der Waals surface area contributed by atoms with Gasteiger partial charge in [0, 0.05) is 19.6 Å². The summed E-state index contributed by atoms with van der Waals surface area (Å²) in [5.41, 5.74) is 0.182. The highest BCUT2D eigenvalue weighted by molar-refractivity contribution is 7.89. The minimum Gasteiger partial charge on any atom is -0.496 e. The average Bonchev–Trinajstić information content (AvgIpc) is 3.54. The Morgan fingerprint density at radius 3 is 2.56 bits per heavy atom. The number of nitrogens with zero attached hydrogens (tertiary/aromatic N) is 2. The van der Waals surface area contributed by atoms with Gasteiger partial charge in [0.05, 0.1) is 43.1 Å². The smallest absolute Gasteiger partial charge is 0.255 e. The van der Waals surface area contributed by atoms with Crippen LogP contribution in [0.5, 0.6) is 5.75 Å². The Labute approximate surface area is 188 Å². The molecule has 2 aromatic rings. The molecule has 32 heavy (non-hydrogen) atoms. The molecule has 4 rings (SSSR count). The lowest BCUT2D eigenvalue weighted by atomic mass is 10.1. The van der Waals surface area contributed by atoms with E-state index in [4.69, 9.17) is 13.9 Å². The molecule has 1 N–H and O–H groups in total. The van der Waals surface area contributed by atoms with E-state index in [0.29, 0.717) is 25.5 Å².